The summed E-state index contributed by atoms with van der Waals surface area (Å²) < 4.78 is 4.68. The first-order valence-corrected chi connectivity index (χ1v) is 3.56. The molecule has 1 atom stereocenters. The van der Waals surface area contributed by atoms with Gasteiger partial charge in [-0.2, -0.15) is 0 Å². The minimum atomic E-state index is -0.519. The molecule has 0 radical (unpaired) electrons. The zero-order valence-electron chi connectivity index (χ0n) is 7.05. The lowest BCUT2D eigenvalue weighted by molar-refractivity contribution is -0.146. The van der Waals surface area contributed by atoms with Crippen molar-refractivity contribution in [3.05, 3.63) is 23.8 Å². The van der Waals surface area contributed by atoms with Crippen LogP contribution < -0.4 is 0 Å². The molecule has 0 N–H and O–H groups in total. The maximum Gasteiger partial charge on any atom is 0.319 e. The first-order valence-electron chi connectivity index (χ1n) is 3.56. The molecule has 0 aliphatic heterocycles. The van der Waals surface area contributed by atoms with Crippen LogP contribution in [-0.2, 0) is 9.53 Å². The third-order valence-electron chi connectivity index (χ3n) is 2.20. The van der Waals surface area contributed by atoms with E-state index in [1.165, 1.54) is 7.11 Å². The van der Waals surface area contributed by atoms with Crippen molar-refractivity contribution in [3.63, 3.8) is 0 Å². The molecule has 0 saturated heterocycles. The minimum Gasteiger partial charge on any atom is -0.468 e. The first-order chi connectivity index (χ1) is 5.11. The van der Waals surface area contributed by atoms with Crippen molar-refractivity contribution in [3.8, 4) is 0 Å². The smallest absolute Gasteiger partial charge is 0.319 e. The lowest BCUT2D eigenvalue weighted by Gasteiger charge is -2.20. The van der Waals surface area contributed by atoms with Crippen LogP contribution in [0.5, 0.6) is 0 Å². The van der Waals surface area contributed by atoms with Gasteiger partial charge in [-0.05, 0) is 13.8 Å². The van der Waals surface area contributed by atoms with Crippen molar-refractivity contribution in [2.24, 2.45) is 5.41 Å². The zero-order chi connectivity index (χ0) is 8.48. The van der Waals surface area contributed by atoms with Gasteiger partial charge >= 0.3 is 5.97 Å². The number of rotatable bonds is 1. The summed E-state index contributed by atoms with van der Waals surface area (Å²) in [4.78, 5) is 11.2. The van der Waals surface area contributed by atoms with E-state index in [-0.39, 0.29) is 5.97 Å². The van der Waals surface area contributed by atoms with Crippen LogP contribution in [0.15, 0.2) is 23.8 Å². The molecule has 1 aliphatic rings. The second-order valence-corrected chi connectivity index (χ2v) is 2.90. The monoisotopic (exact) mass is 152 g/mol. The summed E-state index contributed by atoms with van der Waals surface area (Å²) in [6.07, 6.45) is 5.66. The summed E-state index contributed by atoms with van der Waals surface area (Å²) in [5, 5.41) is 0. The van der Waals surface area contributed by atoms with Gasteiger partial charge in [0.1, 0.15) is 5.41 Å². The van der Waals surface area contributed by atoms with E-state index >= 15 is 0 Å². The molecule has 0 fully saturated rings. The van der Waals surface area contributed by atoms with Gasteiger partial charge in [-0.3, -0.25) is 4.79 Å². The summed E-state index contributed by atoms with van der Waals surface area (Å²) >= 11 is 0. The SMILES string of the molecule is COC(=O)C1(C)C=CC=C1C. The van der Waals surface area contributed by atoms with Crippen molar-refractivity contribution in [2.45, 2.75) is 13.8 Å². The highest BCUT2D eigenvalue weighted by Gasteiger charge is 2.35. The molecule has 0 aromatic rings. The topological polar surface area (TPSA) is 26.3 Å². The molecular weight excluding hydrogens is 140 g/mol. The molecule has 0 saturated carbocycles. The largest absolute Gasteiger partial charge is 0.468 e. The summed E-state index contributed by atoms with van der Waals surface area (Å²) in [6, 6.07) is 0. The highest BCUT2D eigenvalue weighted by atomic mass is 16.5. The average molecular weight is 152 g/mol. The maximum absolute atomic E-state index is 11.2. The predicted molar refractivity (Wildman–Crippen MR) is 43.0 cm³/mol. The Morgan fingerprint density at radius 2 is 2.27 bits per heavy atom. The van der Waals surface area contributed by atoms with Gasteiger partial charge in [0, 0.05) is 0 Å². The lowest BCUT2D eigenvalue weighted by Crippen LogP contribution is -2.26. The normalized spacial score (nSPS) is 28.5. The van der Waals surface area contributed by atoms with E-state index in [0.717, 1.165) is 5.57 Å². The molecular formula is C9H12O2. The van der Waals surface area contributed by atoms with Crippen molar-refractivity contribution in [1.82, 2.24) is 0 Å². The lowest BCUT2D eigenvalue weighted by atomic mass is 9.86. The molecule has 0 spiro atoms. The molecule has 11 heavy (non-hydrogen) atoms. The van der Waals surface area contributed by atoms with Gasteiger partial charge in [0.05, 0.1) is 7.11 Å². The molecule has 0 bridgehead atoms. The van der Waals surface area contributed by atoms with Crippen LogP contribution in [0.25, 0.3) is 0 Å². The second-order valence-electron chi connectivity index (χ2n) is 2.90. The van der Waals surface area contributed by atoms with Gasteiger partial charge in [0.2, 0.25) is 0 Å². The molecule has 0 amide bonds. The van der Waals surface area contributed by atoms with Crippen LogP contribution in [-0.4, -0.2) is 13.1 Å². The first kappa shape index (κ1) is 8.05. The van der Waals surface area contributed by atoms with Crippen LogP contribution in [0.4, 0.5) is 0 Å². The Morgan fingerprint density at radius 3 is 2.64 bits per heavy atom. The standard InChI is InChI=1S/C9H12O2/c1-7-5-4-6-9(7,2)8(10)11-3/h4-6H,1-3H3. The van der Waals surface area contributed by atoms with E-state index in [2.05, 4.69) is 4.74 Å². The fourth-order valence-electron chi connectivity index (χ4n) is 1.13. The van der Waals surface area contributed by atoms with E-state index in [4.69, 9.17) is 0 Å². The molecule has 1 aliphatic carbocycles. The van der Waals surface area contributed by atoms with Gasteiger partial charge in [0.25, 0.3) is 0 Å². The Bertz CT molecular complexity index is 238. The van der Waals surface area contributed by atoms with Crippen LogP contribution >= 0.6 is 0 Å². The molecule has 2 heteroatoms. The molecule has 0 aromatic carbocycles. The quantitative estimate of drug-likeness (QED) is 0.534. The molecule has 60 valence electrons. The molecule has 1 rings (SSSR count). The van der Waals surface area contributed by atoms with Gasteiger partial charge in [-0.25, -0.2) is 0 Å². The third-order valence-corrected chi connectivity index (χ3v) is 2.20. The van der Waals surface area contributed by atoms with Gasteiger partial charge in [0.15, 0.2) is 0 Å². The number of carbonyl (C=O) groups excluding carboxylic acids is 1. The number of hydrogen-bond acceptors (Lipinski definition) is 2. The fraction of sp³-hybridized carbons (Fsp3) is 0.444. The Morgan fingerprint density at radius 1 is 1.64 bits per heavy atom. The summed E-state index contributed by atoms with van der Waals surface area (Å²) in [5.41, 5.74) is 0.513. The zero-order valence-corrected chi connectivity index (χ0v) is 7.05. The number of carbonyl (C=O) groups is 1. The molecule has 2 nitrogen and oxygen atoms in total. The number of allylic oxidation sites excluding steroid dienone is 2. The van der Waals surface area contributed by atoms with Crippen molar-refractivity contribution in [1.29, 1.82) is 0 Å². The van der Waals surface area contributed by atoms with Crippen molar-refractivity contribution < 1.29 is 9.53 Å². The Hall–Kier alpha value is -1.05. The average Bonchev–Trinajstić information content (AvgIpc) is 2.32. The number of esters is 1. The third kappa shape index (κ3) is 1.09. The highest BCUT2D eigenvalue weighted by Crippen LogP contribution is 2.33. The number of hydrogen-bond donors (Lipinski definition) is 0. The van der Waals surface area contributed by atoms with E-state index in [0.29, 0.717) is 0 Å². The molecule has 0 aromatic heterocycles. The Kier molecular flexibility index (Phi) is 1.85. The Balaban J connectivity index is 2.92. The Labute approximate surface area is 66.5 Å². The van der Waals surface area contributed by atoms with E-state index in [1.807, 2.05) is 32.1 Å². The summed E-state index contributed by atoms with van der Waals surface area (Å²) in [6.45, 7) is 3.78. The maximum atomic E-state index is 11.2. The van der Waals surface area contributed by atoms with E-state index in [1.54, 1.807) is 0 Å². The number of ether oxygens (including phenoxy) is 1. The van der Waals surface area contributed by atoms with E-state index < -0.39 is 5.41 Å². The van der Waals surface area contributed by atoms with Crippen molar-refractivity contribution in [2.75, 3.05) is 7.11 Å². The minimum absolute atomic E-state index is 0.194. The summed E-state index contributed by atoms with van der Waals surface area (Å²) in [5.74, 6) is -0.194. The van der Waals surface area contributed by atoms with Crippen LogP contribution in [0.1, 0.15) is 13.8 Å². The predicted octanol–water partition coefficient (Wildman–Crippen LogP) is 1.68. The van der Waals surface area contributed by atoms with Gasteiger partial charge in [-0.1, -0.05) is 23.8 Å². The molecule has 1 unspecified atom stereocenters. The molecule has 0 heterocycles. The van der Waals surface area contributed by atoms with Gasteiger partial charge in [-0.15, -0.1) is 0 Å². The van der Waals surface area contributed by atoms with Crippen LogP contribution in [0, 0.1) is 5.41 Å². The van der Waals surface area contributed by atoms with Crippen LogP contribution in [0.3, 0.4) is 0 Å². The second kappa shape index (κ2) is 2.53. The fourth-order valence-corrected chi connectivity index (χ4v) is 1.13. The summed E-state index contributed by atoms with van der Waals surface area (Å²) in [7, 11) is 1.41. The van der Waals surface area contributed by atoms with Gasteiger partial charge < -0.3 is 4.74 Å². The van der Waals surface area contributed by atoms with Crippen LogP contribution in [0.2, 0.25) is 0 Å². The highest BCUT2D eigenvalue weighted by molar-refractivity contribution is 5.83. The number of methoxy groups -OCH3 is 1. The van der Waals surface area contributed by atoms with Crippen molar-refractivity contribution >= 4 is 5.97 Å². The van der Waals surface area contributed by atoms with E-state index in [9.17, 15) is 4.79 Å².